The minimum atomic E-state index is -0.591. The van der Waals surface area contributed by atoms with Gasteiger partial charge in [0.05, 0.1) is 22.3 Å². The molecule has 0 radical (unpaired) electrons. The van der Waals surface area contributed by atoms with Gasteiger partial charge in [0.15, 0.2) is 0 Å². The summed E-state index contributed by atoms with van der Waals surface area (Å²) in [5.41, 5.74) is 6.82. The van der Waals surface area contributed by atoms with Crippen LogP contribution in [0.4, 0.5) is 0 Å². The Hall–Kier alpha value is -1.40. The van der Waals surface area contributed by atoms with E-state index in [4.69, 9.17) is 15.0 Å². The predicted octanol–water partition coefficient (Wildman–Crippen LogP) is 1.21. The Labute approximate surface area is 131 Å². The van der Waals surface area contributed by atoms with Crippen LogP contribution < -0.4 is 11.2 Å². The van der Waals surface area contributed by atoms with Crippen molar-refractivity contribution in [3.63, 3.8) is 0 Å². The number of carbonyl (C=O) groups is 1. The lowest BCUT2D eigenvalue weighted by molar-refractivity contribution is -0.120. The van der Waals surface area contributed by atoms with Gasteiger partial charge < -0.3 is 15.0 Å². The highest BCUT2D eigenvalue weighted by Crippen LogP contribution is 2.47. The number of rotatable bonds is 3. The average molecular weight is 302 g/mol. The van der Waals surface area contributed by atoms with Crippen molar-refractivity contribution >= 4 is 18.5 Å². The van der Waals surface area contributed by atoms with Crippen LogP contribution in [0.15, 0.2) is 12.3 Å². The molecule has 2 aliphatic rings. The number of nitrogens with two attached hydrogens (primary N) is 1. The topological polar surface area (TPSA) is 74.4 Å². The number of pyridine rings is 1. The van der Waals surface area contributed by atoms with E-state index in [-0.39, 0.29) is 5.91 Å². The second-order valence-electron chi connectivity index (χ2n) is 7.46. The first kappa shape index (κ1) is 15.5. The normalized spacial score (nSPS) is 24.3. The van der Waals surface area contributed by atoms with Gasteiger partial charge in [0.2, 0.25) is 5.91 Å². The van der Waals surface area contributed by atoms with Gasteiger partial charge >= 0.3 is 7.12 Å². The van der Waals surface area contributed by atoms with E-state index in [1.54, 1.807) is 6.20 Å². The molecule has 1 aromatic rings. The van der Waals surface area contributed by atoms with Crippen LogP contribution in [-0.2, 0) is 19.5 Å². The number of aryl methyl sites for hydroxylation is 1. The zero-order valence-corrected chi connectivity index (χ0v) is 13.9. The minimum absolute atomic E-state index is 0.302. The molecule has 1 aliphatic heterocycles. The van der Waals surface area contributed by atoms with Crippen molar-refractivity contribution in [2.75, 3.05) is 0 Å². The Balaban J connectivity index is 1.97. The van der Waals surface area contributed by atoms with Crippen molar-refractivity contribution in [3.05, 3.63) is 23.5 Å². The van der Waals surface area contributed by atoms with Gasteiger partial charge in [-0.05, 0) is 64.6 Å². The van der Waals surface area contributed by atoms with E-state index in [9.17, 15) is 4.79 Å². The number of hydrogen-bond donors (Lipinski definition) is 1. The highest BCUT2D eigenvalue weighted by atomic mass is 16.7. The first-order valence-electron chi connectivity index (χ1n) is 7.72. The number of hydrogen-bond acceptors (Lipinski definition) is 4. The molecule has 118 valence electrons. The van der Waals surface area contributed by atoms with E-state index in [0.29, 0.717) is 0 Å². The second-order valence-corrected chi connectivity index (χ2v) is 7.46. The summed E-state index contributed by atoms with van der Waals surface area (Å²) in [5.74, 6) is -0.302. The van der Waals surface area contributed by atoms with Crippen LogP contribution in [-0.4, -0.2) is 29.2 Å². The highest BCUT2D eigenvalue weighted by Gasteiger charge is 2.54. The van der Waals surface area contributed by atoms with Gasteiger partial charge in [-0.2, -0.15) is 0 Å². The molecular weight excluding hydrogens is 279 g/mol. The molecule has 2 fully saturated rings. The summed E-state index contributed by atoms with van der Waals surface area (Å²) in [6.45, 7) is 10.1. The highest BCUT2D eigenvalue weighted by molar-refractivity contribution is 6.62. The van der Waals surface area contributed by atoms with Gasteiger partial charge in [-0.25, -0.2) is 0 Å². The quantitative estimate of drug-likeness (QED) is 0.852. The summed E-state index contributed by atoms with van der Waals surface area (Å²) in [4.78, 5) is 16.2. The number of primary amides is 1. The van der Waals surface area contributed by atoms with Crippen molar-refractivity contribution in [1.82, 2.24) is 4.98 Å². The molecule has 1 amide bonds. The maximum Gasteiger partial charge on any atom is 0.495 e. The fourth-order valence-corrected chi connectivity index (χ4v) is 2.78. The number of carbonyl (C=O) groups excluding carboxylic acids is 1. The van der Waals surface area contributed by atoms with Crippen LogP contribution in [0.3, 0.4) is 0 Å². The molecule has 1 saturated carbocycles. The monoisotopic (exact) mass is 302 g/mol. The van der Waals surface area contributed by atoms with Gasteiger partial charge in [-0.3, -0.25) is 9.78 Å². The Kier molecular flexibility index (Phi) is 3.21. The molecule has 1 aromatic heterocycles. The van der Waals surface area contributed by atoms with Gasteiger partial charge in [-0.15, -0.1) is 0 Å². The fourth-order valence-electron chi connectivity index (χ4n) is 2.78. The van der Waals surface area contributed by atoms with Crippen LogP contribution in [0.5, 0.6) is 0 Å². The van der Waals surface area contributed by atoms with Crippen LogP contribution >= 0.6 is 0 Å². The summed E-state index contributed by atoms with van der Waals surface area (Å²) in [7, 11) is -0.449. The lowest BCUT2D eigenvalue weighted by Crippen LogP contribution is -2.41. The maximum atomic E-state index is 11.7. The second kappa shape index (κ2) is 4.55. The van der Waals surface area contributed by atoms with E-state index < -0.39 is 23.7 Å². The lowest BCUT2D eigenvalue weighted by atomic mass is 9.75. The largest absolute Gasteiger partial charge is 0.495 e. The minimum Gasteiger partial charge on any atom is -0.399 e. The molecule has 0 aromatic carbocycles. The van der Waals surface area contributed by atoms with Crippen molar-refractivity contribution < 1.29 is 14.1 Å². The first-order chi connectivity index (χ1) is 10.1. The third kappa shape index (κ3) is 2.17. The Morgan fingerprint density at radius 2 is 1.77 bits per heavy atom. The summed E-state index contributed by atoms with van der Waals surface area (Å²) >= 11 is 0. The number of amides is 1. The van der Waals surface area contributed by atoms with Crippen LogP contribution in [0, 0.1) is 6.92 Å². The maximum absolute atomic E-state index is 11.7. The Bertz CT molecular complexity index is 622. The van der Waals surface area contributed by atoms with Crippen molar-refractivity contribution in [2.45, 2.75) is 64.1 Å². The predicted molar refractivity (Wildman–Crippen MR) is 84.8 cm³/mol. The van der Waals surface area contributed by atoms with Crippen LogP contribution in [0.1, 0.15) is 51.8 Å². The average Bonchev–Trinajstić information content (AvgIpc) is 3.15. The lowest BCUT2D eigenvalue weighted by Gasteiger charge is -2.32. The molecule has 2 heterocycles. The third-order valence-electron chi connectivity index (χ3n) is 5.36. The zero-order chi connectivity index (χ0) is 16.3. The SMILES string of the molecule is Cc1cnc(C2(C(N)=O)CC2)cc1B1OC(C)(C)C(C)(C)O1. The van der Waals surface area contributed by atoms with Gasteiger partial charge in [0, 0.05) is 6.20 Å². The smallest absolute Gasteiger partial charge is 0.399 e. The van der Waals surface area contributed by atoms with E-state index in [2.05, 4.69) is 4.98 Å². The van der Waals surface area contributed by atoms with E-state index in [0.717, 1.165) is 29.6 Å². The van der Waals surface area contributed by atoms with Crippen LogP contribution in [0.25, 0.3) is 0 Å². The van der Waals surface area contributed by atoms with E-state index in [1.165, 1.54) is 0 Å². The molecule has 0 unspecified atom stereocenters. The number of nitrogens with zero attached hydrogens (tertiary/aromatic N) is 1. The molecule has 0 spiro atoms. The van der Waals surface area contributed by atoms with Crippen molar-refractivity contribution in [1.29, 1.82) is 0 Å². The molecule has 6 heteroatoms. The summed E-state index contributed by atoms with van der Waals surface area (Å²) in [6.07, 6.45) is 3.31. The first-order valence-corrected chi connectivity index (χ1v) is 7.72. The number of aromatic nitrogens is 1. The summed E-state index contributed by atoms with van der Waals surface area (Å²) in [5, 5.41) is 0. The molecule has 1 saturated heterocycles. The molecular formula is C16H23BN2O3. The summed E-state index contributed by atoms with van der Waals surface area (Å²) < 4.78 is 12.2. The molecule has 3 rings (SSSR count). The van der Waals surface area contributed by atoms with Gasteiger partial charge in [-0.1, -0.05) is 0 Å². The Morgan fingerprint density at radius 1 is 1.23 bits per heavy atom. The van der Waals surface area contributed by atoms with Crippen molar-refractivity contribution in [2.24, 2.45) is 5.73 Å². The van der Waals surface area contributed by atoms with E-state index >= 15 is 0 Å². The third-order valence-corrected chi connectivity index (χ3v) is 5.36. The zero-order valence-electron chi connectivity index (χ0n) is 13.9. The fraction of sp³-hybridized carbons (Fsp3) is 0.625. The molecule has 0 atom stereocenters. The Morgan fingerprint density at radius 3 is 2.23 bits per heavy atom. The molecule has 0 bridgehead atoms. The molecule has 5 nitrogen and oxygen atoms in total. The molecule has 1 aliphatic carbocycles. The molecule has 2 N–H and O–H groups in total. The van der Waals surface area contributed by atoms with Crippen molar-refractivity contribution in [3.8, 4) is 0 Å². The van der Waals surface area contributed by atoms with Gasteiger partial charge in [0.25, 0.3) is 0 Å². The van der Waals surface area contributed by atoms with E-state index in [1.807, 2.05) is 40.7 Å². The standard InChI is InChI=1S/C16H23BN2O3/c1-10-9-19-12(16(6-7-16)13(18)20)8-11(10)17-21-14(2,3)15(4,5)22-17/h8-9H,6-7H2,1-5H3,(H2,18,20). The van der Waals surface area contributed by atoms with Crippen LogP contribution in [0.2, 0.25) is 0 Å². The van der Waals surface area contributed by atoms with Gasteiger partial charge in [0.1, 0.15) is 0 Å². The summed E-state index contributed by atoms with van der Waals surface area (Å²) in [6, 6.07) is 1.93. The molecule has 22 heavy (non-hydrogen) atoms.